The van der Waals surface area contributed by atoms with Gasteiger partial charge in [-0.2, -0.15) is 0 Å². The van der Waals surface area contributed by atoms with Crippen LogP contribution in [0.2, 0.25) is 0 Å². The van der Waals surface area contributed by atoms with E-state index in [2.05, 4.69) is 27.5 Å². The number of hydrogen-bond acceptors (Lipinski definition) is 5. The van der Waals surface area contributed by atoms with Gasteiger partial charge in [0.1, 0.15) is 11.5 Å². The Morgan fingerprint density at radius 2 is 2.10 bits per heavy atom. The van der Waals surface area contributed by atoms with E-state index in [-0.39, 0.29) is 11.3 Å². The summed E-state index contributed by atoms with van der Waals surface area (Å²) in [4.78, 5) is 20.3. The molecule has 2 heterocycles. The van der Waals surface area contributed by atoms with Crippen molar-refractivity contribution in [1.82, 2.24) is 15.3 Å². The molecule has 2 rings (SSSR count). The SMILES string of the molecule is CCNc1cnc(C(=O)NCC2(C)CCOCC2)cn1. The lowest BCUT2D eigenvalue weighted by atomic mass is 9.82. The molecule has 1 aromatic heterocycles. The van der Waals surface area contributed by atoms with Crippen LogP contribution in [0.15, 0.2) is 12.4 Å². The number of carbonyl (C=O) groups is 1. The molecule has 0 aliphatic carbocycles. The maximum Gasteiger partial charge on any atom is 0.271 e. The van der Waals surface area contributed by atoms with E-state index in [1.54, 1.807) is 6.20 Å². The van der Waals surface area contributed by atoms with Gasteiger partial charge in [-0.25, -0.2) is 9.97 Å². The van der Waals surface area contributed by atoms with Crippen molar-refractivity contribution in [2.75, 3.05) is 31.6 Å². The Kier molecular flexibility index (Phi) is 4.89. The van der Waals surface area contributed by atoms with Gasteiger partial charge in [0.05, 0.1) is 12.4 Å². The third kappa shape index (κ3) is 3.90. The van der Waals surface area contributed by atoms with Crippen molar-refractivity contribution in [3.8, 4) is 0 Å². The van der Waals surface area contributed by atoms with Crippen LogP contribution in [0.5, 0.6) is 0 Å². The molecule has 1 fully saturated rings. The first kappa shape index (κ1) is 14.7. The first-order valence-electron chi connectivity index (χ1n) is 7.05. The maximum absolute atomic E-state index is 12.0. The third-order valence-corrected chi connectivity index (χ3v) is 3.62. The van der Waals surface area contributed by atoms with E-state index in [0.717, 1.165) is 32.6 Å². The van der Waals surface area contributed by atoms with Crippen LogP contribution in [0.25, 0.3) is 0 Å². The summed E-state index contributed by atoms with van der Waals surface area (Å²) < 4.78 is 5.35. The largest absolute Gasteiger partial charge is 0.381 e. The second-order valence-corrected chi connectivity index (χ2v) is 5.42. The van der Waals surface area contributed by atoms with Gasteiger partial charge in [-0.1, -0.05) is 6.92 Å². The fourth-order valence-corrected chi connectivity index (χ4v) is 2.14. The Balaban J connectivity index is 1.87. The molecule has 0 spiro atoms. The molecule has 0 bridgehead atoms. The molecule has 0 saturated carbocycles. The Hall–Kier alpha value is -1.69. The Labute approximate surface area is 119 Å². The van der Waals surface area contributed by atoms with Crippen LogP contribution in [0.1, 0.15) is 37.2 Å². The van der Waals surface area contributed by atoms with Gasteiger partial charge in [0.2, 0.25) is 0 Å². The number of anilines is 1. The smallest absolute Gasteiger partial charge is 0.271 e. The minimum absolute atomic E-state index is 0.116. The van der Waals surface area contributed by atoms with Crippen LogP contribution in [-0.4, -0.2) is 42.2 Å². The number of rotatable bonds is 5. The lowest BCUT2D eigenvalue weighted by Gasteiger charge is -2.33. The van der Waals surface area contributed by atoms with Crippen LogP contribution in [0, 0.1) is 5.41 Å². The van der Waals surface area contributed by atoms with E-state index in [4.69, 9.17) is 4.74 Å². The molecule has 0 aromatic carbocycles. The summed E-state index contributed by atoms with van der Waals surface area (Å²) >= 11 is 0. The number of amides is 1. The highest BCUT2D eigenvalue weighted by molar-refractivity contribution is 5.92. The normalized spacial score (nSPS) is 17.5. The van der Waals surface area contributed by atoms with Gasteiger partial charge in [-0.05, 0) is 25.2 Å². The fraction of sp³-hybridized carbons (Fsp3) is 0.643. The van der Waals surface area contributed by atoms with Crippen molar-refractivity contribution in [3.05, 3.63) is 18.1 Å². The van der Waals surface area contributed by atoms with Crippen molar-refractivity contribution in [2.45, 2.75) is 26.7 Å². The van der Waals surface area contributed by atoms with Crippen LogP contribution < -0.4 is 10.6 Å². The summed E-state index contributed by atoms with van der Waals surface area (Å²) in [7, 11) is 0. The summed E-state index contributed by atoms with van der Waals surface area (Å²) in [5.74, 6) is 0.508. The number of ether oxygens (including phenoxy) is 1. The van der Waals surface area contributed by atoms with Gasteiger partial charge < -0.3 is 15.4 Å². The zero-order chi connectivity index (χ0) is 14.4. The zero-order valence-corrected chi connectivity index (χ0v) is 12.1. The van der Waals surface area contributed by atoms with Crippen molar-refractivity contribution in [1.29, 1.82) is 0 Å². The highest BCUT2D eigenvalue weighted by Crippen LogP contribution is 2.28. The van der Waals surface area contributed by atoms with Crippen LogP contribution >= 0.6 is 0 Å². The van der Waals surface area contributed by atoms with E-state index in [0.29, 0.717) is 18.1 Å². The summed E-state index contributed by atoms with van der Waals surface area (Å²) in [5.41, 5.74) is 0.465. The highest BCUT2D eigenvalue weighted by atomic mass is 16.5. The molecule has 110 valence electrons. The summed E-state index contributed by atoms with van der Waals surface area (Å²) in [5, 5.41) is 5.99. The van der Waals surface area contributed by atoms with E-state index in [1.807, 2.05) is 6.92 Å². The third-order valence-electron chi connectivity index (χ3n) is 3.62. The second-order valence-electron chi connectivity index (χ2n) is 5.42. The van der Waals surface area contributed by atoms with Crippen LogP contribution in [0.3, 0.4) is 0 Å². The molecule has 6 nitrogen and oxygen atoms in total. The quantitative estimate of drug-likeness (QED) is 0.852. The molecule has 1 aliphatic rings. The van der Waals surface area contributed by atoms with E-state index in [9.17, 15) is 4.79 Å². The molecule has 1 amide bonds. The van der Waals surface area contributed by atoms with Crippen molar-refractivity contribution in [2.24, 2.45) is 5.41 Å². The molecule has 1 aromatic rings. The van der Waals surface area contributed by atoms with Crippen molar-refractivity contribution >= 4 is 11.7 Å². The van der Waals surface area contributed by atoms with Crippen molar-refractivity contribution in [3.63, 3.8) is 0 Å². The van der Waals surface area contributed by atoms with Gasteiger partial charge in [-0.15, -0.1) is 0 Å². The molecule has 1 saturated heterocycles. The standard InChI is InChI=1S/C14H22N4O2/c1-3-15-12-9-16-11(8-17-12)13(19)18-10-14(2)4-6-20-7-5-14/h8-9H,3-7,10H2,1-2H3,(H,15,17)(H,18,19). The molecule has 0 atom stereocenters. The van der Waals surface area contributed by atoms with Gasteiger partial charge in [0, 0.05) is 26.3 Å². The molecule has 0 radical (unpaired) electrons. The van der Waals surface area contributed by atoms with E-state index >= 15 is 0 Å². The zero-order valence-electron chi connectivity index (χ0n) is 12.1. The summed E-state index contributed by atoms with van der Waals surface area (Å²) in [6.07, 6.45) is 5.02. The van der Waals surface area contributed by atoms with Gasteiger partial charge in [-0.3, -0.25) is 4.79 Å². The van der Waals surface area contributed by atoms with Gasteiger partial charge >= 0.3 is 0 Å². The molecular formula is C14H22N4O2. The Morgan fingerprint density at radius 3 is 2.70 bits per heavy atom. The average molecular weight is 278 g/mol. The second kappa shape index (κ2) is 6.65. The number of hydrogen-bond donors (Lipinski definition) is 2. The van der Waals surface area contributed by atoms with Gasteiger partial charge in [0.25, 0.3) is 5.91 Å². The number of nitrogens with zero attached hydrogens (tertiary/aromatic N) is 2. The first-order chi connectivity index (χ1) is 9.63. The summed E-state index contributed by atoms with van der Waals surface area (Å²) in [6, 6.07) is 0. The minimum Gasteiger partial charge on any atom is -0.381 e. The minimum atomic E-state index is -0.173. The first-order valence-corrected chi connectivity index (χ1v) is 7.05. The number of aromatic nitrogens is 2. The predicted molar refractivity (Wildman–Crippen MR) is 76.7 cm³/mol. The van der Waals surface area contributed by atoms with Crippen molar-refractivity contribution < 1.29 is 9.53 Å². The lowest BCUT2D eigenvalue weighted by molar-refractivity contribution is 0.0238. The monoisotopic (exact) mass is 278 g/mol. The Bertz CT molecular complexity index is 441. The molecule has 1 aliphatic heterocycles. The molecule has 0 unspecified atom stereocenters. The van der Waals surface area contributed by atoms with Gasteiger partial charge in [0.15, 0.2) is 0 Å². The fourth-order valence-electron chi connectivity index (χ4n) is 2.14. The van der Waals surface area contributed by atoms with Crippen LogP contribution in [-0.2, 0) is 4.74 Å². The van der Waals surface area contributed by atoms with E-state index < -0.39 is 0 Å². The molecule has 2 N–H and O–H groups in total. The molecular weight excluding hydrogens is 256 g/mol. The molecule has 6 heteroatoms. The topological polar surface area (TPSA) is 76.1 Å². The average Bonchev–Trinajstić information content (AvgIpc) is 2.47. The predicted octanol–water partition coefficient (Wildman–Crippen LogP) is 1.45. The maximum atomic E-state index is 12.0. The summed E-state index contributed by atoms with van der Waals surface area (Å²) in [6.45, 7) is 7.12. The Morgan fingerprint density at radius 1 is 1.35 bits per heavy atom. The van der Waals surface area contributed by atoms with E-state index in [1.165, 1.54) is 6.20 Å². The highest BCUT2D eigenvalue weighted by Gasteiger charge is 2.28. The number of nitrogens with one attached hydrogen (secondary N) is 2. The molecule has 20 heavy (non-hydrogen) atoms. The number of carbonyl (C=O) groups excluding carboxylic acids is 1. The lowest BCUT2D eigenvalue weighted by Crippen LogP contribution is -2.39. The van der Waals surface area contributed by atoms with Crippen LogP contribution in [0.4, 0.5) is 5.82 Å².